The van der Waals surface area contributed by atoms with E-state index in [4.69, 9.17) is 4.74 Å². The van der Waals surface area contributed by atoms with Crippen LogP contribution in [0.2, 0.25) is 0 Å². The van der Waals surface area contributed by atoms with Crippen LogP contribution in [0.4, 0.5) is 10.1 Å². The Balaban J connectivity index is 1.81. The van der Waals surface area contributed by atoms with Crippen molar-refractivity contribution in [2.45, 2.75) is 24.8 Å². The molecule has 0 unspecified atom stereocenters. The summed E-state index contributed by atoms with van der Waals surface area (Å²) in [6, 6.07) is 10.6. The maximum Gasteiger partial charge on any atom is 0.255 e. The van der Waals surface area contributed by atoms with Crippen molar-refractivity contribution >= 4 is 21.6 Å². The maximum absolute atomic E-state index is 14.0. The highest BCUT2D eigenvalue weighted by Gasteiger charge is 2.30. The van der Waals surface area contributed by atoms with Crippen molar-refractivity contribution < 1.29 is 22.3 Å². The summed E-state index contributed by atoms with van der Waals surface area (Å²) in [7, 11) is -2.38. The molecule has 1 amide bonds. The van der Waals surface area contributed by atoms with Crippen molar-refractivity contribution in [1.82, 2.24) is 9.62 Å². The lowest BCUT2D eigenvalue weighted by Gasteiger charge is -2.35. The second-order valence-corrected chi connectivity index (χ2v) is 9.27. The van der Waals surface area contributed by atoms with Gasteiger partial charge in [0.1, 0.15) is 11.6 Å². The topological polar surface area (TPSA) is 79.0 Å². The molecule has 0 radical (unpaired) electrons. The largest absolute Gasteiger partial charge is 0.496 e. The van der Waals surface area contributed by atoms with Crippen molar-refractivity contribution in [3.8, 4) is 5.75 Å². The molecule has 1 saturated heterocycles. The standard InChI is InChI=1S/C21H26FN3O4S/c1-15(2)23-21(26)17-14-16(8-9-20(17)29-3)30(27,28)25-12-10-24(11-13-25)19-7-5-4-6-18(19)22/h4-9,14-15H,10-13H2,1-3H3,(H,23,26). The summed E-state index contributed by atoms with van der Waals surface area (Å²) >= 11 is 0. The van der Waals surface area contributed by atoms with E-state index < -0.39 is 15.9 Å². The molecule has 1 fully saturated rings. The molecular formula is C21H26FN3O4S. The molecule has 0 spiro atoms. The number of para-hydroxylation sites is 1. The molecule has 3 rings (SSSR count). The van der Waals surface area contributed by atoms with Gasteiger partial charge in [0.05, 0.1) is 23.3 Å². The van der Waals surface area contributed by atoms with Crippen LogP contribution >= 0.6 is 0 Å². The summed E-state index contributed by atoms with van der Waals surface area (Å²) in [4.78, 5) is 14.3. The number of anilines is 1. The number of carbonyl (C=O) groups is 1. The van der Waals surface area contributed by atoms with Gasteiger partial charge in [-0.25, -0.2) is 12.8 Å². The van der Waals surface area contributed by atoms with Gasteiger partial charge in [-0.3, -0.25) is 4.79 Å². The third-order valence-electron chi connectivity index (χ3n) is 4.90. The maximum atomic E-state index is 14.0. The number of sulfonamides is 1. The van der Waals surface area contributed by atoms with E-state index in [1.54, 1.807) is 18.2 Å². The molecule has 2 aromatic rings. The van der Waals surface area contributed by atoms with E-state index in [1.807, 2.05) is 18.7 Å². The summed E-state index contributed by atoms with van der Waals surface area (Å²) in [5.41, 5.74) is 0.629. The first-order valence-electron chi connectivity index (χ1n) is 9.72. The fraction of sp³-hybridized carbons (Fsp3) is 0.381. The third kappa shape index (κ3) is 4.57. The van der Waals surface area contributed by atoms with E-state index in [0.717, 1.165) is 0 Å². The van der Waals surface area contributed by atoms with E-state index in [-0.39, 0.29) is 35.4 Å². The van der Waals surface area contributed by atoms with Crippen LogP contribution in [0, 0.1) is 5.82 Å². The quantitative estimate of drug-likeness (QED) is 0.754. The van der Waals surface area contributed by atoms with Gasteiger partial charge in [0.2, 0.25) is 10.0 Å². The number of nitrogens with zero attached hydrogens (tertiary/aromatic N) is 2. The normalized spacial score (nSPS) is 15.3. The molecule has 30 heavy (non-hydrogen) atoms. The van der Waals surface area contributed by atoms with Gasteiger partial charge in [-0.15, -0.1) is 0 Å². The zero-order chi connectivity index (χ0) is 21.9. The summed E-state index contributed by atoms with van der Waals surface area (Å²) in [5, 5.41) is 2.75. The SMILES string of the molecule is COc1ccc(S(=O)(=O)N2CCN(c3ccccc3F)CC2)cc1C(=O)NC(C)C. The lowest BCUT2D eigenvalue weighted by Crippen LogP contribution is -2.48. The fourth-order valence-corrected chi connectivity index (χ4v) is 4.84. The Hall–Kier alpha value is -2.65. The van der Waals surface area contributed by atoms with Gasteiger partial charge in [-0.2, -0.15) is 4.31 Å². The van der Waals surface area contributed by atoms with Crippen LogP contribution in [0.15, 0.2) is 47.4 Å². The van der Waals surface area contributed by atoms with Gasteiger partial charge in [0, 0.05) is 32.2 Å². The van der Waals surface area contributed by atoms with Gasteiger partial charge >= 0.3 is 0 Å². The molecule has 2 aromatic carbocycles. The van der Waals surface area contributed by atoms with Crippen molar-refractivity contribution in [1.29, 1.82) is 0 Å². The Morgan fingerprint density at radius 2 is 1.77 bits per heavy atom. The van der Waals surface area contributed by atoms with E-state index in [9.17, 15) is 17.6 Å². The van der Waals surface area contributed by atoms with Crippen molar-refractivity contribution in [3.63, 3.8) is 0 Å². The van der Waals surface area contributed by atoms with Crippen LogP contribution < -0.4 is 15.0 Å². The molecule has 7 nitrogen and oxygen atoms in total. The summed E-state index contributed by atoms with van der Waals surface area (Å²) in [5.74, 6) is -0.426. The minimum absolute atomic E-state index is 0.0246. The van der Waals surface area contributed by atoms with Gasteiger partial charge in [-0.1, -0.05) is 12.1 Å². The number of amides is 1. The first kappa shape index (κ1) is 22.0. The second kappa shape index (κ2) is 9.01. The molecule has 1 N–H and O–H groups in total. The van der Waals surface area contributed by atoms with Crippen LogP contribution in [0.1, 0.15) is 24.2 Å². The number of rotatable bonds is 6. The molecule has 1 heterocycles. The Morgan fingerprint density at radius 3 is 2.37 bits per heavy atom. The highest BCUT2D eigenvalue weighted by atomic mass is 32.2. The minimum atomic E-state index is -3.81. The number of carbonyl (C=O) groups excluding carboxylic acids is 1. The Bertz CT molecular complexity index is 1020. The molecule has 0 bridgehead atoms. The predicted octanol–water partition coefficient (Wildman–Crippen LogP) is 2.48. The number of methoxy groups -OCH3 is 1. The van der Waals surface area contributed by atoms with Gasteiger partial charge in [-0.05, 0) is 44.2 Å². The monoisotopic (exact) mass is 435 g/mol. The number of benzene rings is 2. The van der Waals surface area contributed by atoms with Crippen LogP contribution in [0.25, 0.3) is 0 Å². The number of piperazine rings is 1. The van der Waals surface area contributed by atoms with E-state index in [0.29, 0.717) is 24.5 Å². The first-order chi connectivity index (χ1) is 14.2. The van der Waals surface area contributed by atoms with Crippen LogP contribution in [-0.4, -0.2) is 58.0 Å². The highest BCUT2D eigenvalue weighted by molar-refractivity contribution is 7.89. The Morgan fingerprint density at radius 1 is 1.10 bits per heavy atom. The number of hydrogen-bond donors (Lipinski definition) is 1. The fourth-order valence-electron chi connectivity index (χ4n) is 3.39. The molecular weight excluding hydrogens is 409 g/mol. The van der Waals surface area contributed by atoms with Crippen LogP contribution in [0.3, 0.4) is 0 Å². The molecule has 9 heteroatoms. The molecule has 0 atom stereocenters. The average molecular weight is 436 g/mol. The summed E-state index contributed by atoms with van der Waals surface area (Å²) in [6.07, 6.45) is 0. The number of halogens is 1. The lowest BCUT2D eigenvalue weighted by molar-refractivity contribution is 0.0940. The zero-order valence-corrected chi connectivity index (χ0v) is 18.1. The zero-order valence-electron chi connectivity index (χ0n) is 17.3. The van der Waals surface area contributed by atoms with Gasteiger partial charge < -0.3 is 15.0 Å². The first-order valence-corrected chi connectivity index (χ1v) is 11.2. The summed E-state index contributed by atoms with van der Waals surface area (Å²) < 4.78 is 46.9. The van der Waals surface area contributed by atoms with Gasteiger partial charge in [0.15, 0.2) is 0 Å². The highest BCUT2D eigenvalue weighted by Crippen LogP contribution is 2.27. The van der Waals surface area contributed by atoms with Crippen molar-refractivity contribution in [3.05, 3.63) is 53.8 Å². The summed E-state index contributed by atoms with van der Waals surface area (Å²) in [6.45, 7) is 4.82. The number of ether oxygens (including phenoxy) is 1. The van der Waals surface area contributed by atoms with E-state index in [2.05, 4.69) is 5.32 Å². The van der Waals surface area contributed by atoms with Crippen LogP contribution in [0.5, 0.6) is 5.75 Å². The Kier molecular flexibility index (Phi) is 6.62. The predicted molar refractivity (Wildman–Crippen MR) is 113 cm³/mol. The molecule has 0 saturated carbocycles. The minimum Gasteiger partial charge on any atom is -0.496 e. The molecule has 1 aliphatic rings. The number of hydrogen-bond acceptors (Lipinski definition) is 5. The van der Waals surface area contributed by atoms with E-state index in [1.165, 1.54) is 35.7 Å². The average Bonchev–Trinajstić information content (AvgIpc) is 2.73. The second-order valence-electron chi connectivity index (χ2n) is 7.33. The molecule has 0 aliphatic carbocycles. The number of nitrogens with one attached hydrogen (secondary N) is 1. The third-order valence-corrected chi connectivity index (χ3v) is 6.80. The van der Waals surface area contributed by atoms with Gasteiger partial charge in [0.25, 0.3) is 5.91 Å². The molecule has 162 valence electrons. The molecule has 1 aliphatic heterocycles. The Labute approximate surface area is 176 Å². The van der Waals surface area contributed by atoms with Crippen LogP contribution in [-0.2, 0) is 10.0 Å². The van der Waals surface area contributed by atoms with Crippen molar-refractivity contribution in [2.75, 3.05) is 38.2 Å². The smallest absolute Gasteiger partial charge is 0.255 e. The molecule has 0 aromatic heterocycles. The lowest BCUT2D eigenvalue weighted by atomic mass is 10.2. The van der Waals surface area contributed by atoms with E-state index >= 15 is 0 Å². The van der Waals surface area contributed by atoms with Crippen molar-refractivity contribution in [2.24, 2.45) is 0 Å².